The molecule has 1 heterocycles. The van der Waals surface area contributed by atoms with Crippen molar-refractivity contribution in [2.75, 3.05) is 25.5 Å². The van der Waals surface area contributed by atoms with Crippen LogP contribution in [-0.4, -0.2) is 48.1 Å². The quantitative estimate of drug-likeness (QED) is 0.871. The van der Waals surface area contributed by atoms with Crippen molar-refractivity contribution in [3.05, 3.63) is 23.8 Å². The van der Waals surface area contributed by atoms with Gasteiger partial charge >= 0.3 is 0 Å². The van der Waals surface area contributed by atoms with Crippen LogP contribution in [0, 0.1) is 0 Å². The third-order valence-electron chi connectivity index (χ3n) is 4.09. The van der Waals surface area contributed by atoms with Crippen LogP contribution in [0.15, 0.2) is 23.1 Å². The monoisotopic (exact) mass is 319 g/mol. The Morgan fingerprint density at radius 3 is 2.95 bits per heavy atom. The van der Waals surface area contributed by atoms with E-state index in [1.165, 1.54) is 24.6 Å². The first-order valence-electron chi connectivity index (χ1n) is 7.64. The lowest BCUT2D eigenvalue weighted by Gasteiger charge is -2.21. The van der Waals surface area contributed by atoms with Gasteiger partial charge in [0.2, 0.25) is 5.91 Å². The van der Waals surface area contributed by atoms with Crippen LogP contribution in [0.1, 0.15) is 30.1 Å². The molecule has 0 aromatic heterocycles. The molecule has 0 unspecified atom stereocenters. The van der Waals surface area contributed by atoms with Gasteiger partial charge in [-0.25, -0.2) is 0 Å². The van der Waals surface area contributed by atoms with Crippen LogP contribution in [0.2, 0.25) is 0 Å². The van der Waals surface area contributed by atoms with Crippen molar-refractivity contribution in [3.8, 4) is 0 Å². The number of likely N-dealkylation sites (N-methyl/N-ethyl adjacent to an activating group) is 1. The van der Waals surface area contributed by atoms with Gasteiger partial charge < -0.3 is 15.5 Å². The van der Waals surface area contributed by atoms with Crippen LogP contribution in [0.3, 0.4) is 0 Å². The number of amides is 2. The third-order valence-corrected chi connectivity index (χ3v) is 5.27. The van der Waals surface area contributed by atoms with Gasteiger partial charge in [-0.2, -0.15) is 0 Å². The zero-order valence-electron chi connectivity index (χ0n) is 12.9. The van der Waals surface area contributed by atoms with Crippen LogP contribution in [0.25, 0.3) is 0 Å². The summed E-state index contributed by atoms with van der Waals surface area (Å²) in [5.74, 6) is -0.106. The number of carbonyl (C=O) groups excluding carboxylic acids is 2. The summed E-state index contributed by atoms with van der Waals surface area (Å²) in [6.45, 7) is 3.38. The lowest BCUT2D eigenvalue weighted by molar-refractivity contribution is -0.115. The molecule has 2 amide bonds. The second-order valence-electron chi connectivity index (χ2n) is 5.93. The summed E-state index contributed by atoms with van der Waals surface area (Å²) in [6.07, 6.45) is 2.54. The average molecular weight is 319 g/mol. The van der Waals surface area contributed by atoms with Crippen LogP contribution < -0.4 is 10.6 Å². The Bertz CT molecular complexity index is 601. The van der Waals surface area contributed by atoms with Gasteiger partial charge in [0.25, 0.3) is 5.91 Å². The maximum atomic E-state index is 12.2. The fourth-order valence-corrected chi connectivity index (χ4v) is 3.43. The highest BCUT2D eigenvalue weighted by molar-refractivity contribution is 8.00. The summed E-state index contributed by atoms with van der Waals surface area (Å²) in [5.41, 5.74) is 1.32. The standard InChI is InChI=1S/C16H21N3O2S/c1-10-15(20)18-13-9-11(3-6-14(13)22-10)16(21)17-7-8-19(2)12-4-5-12/h3,6,9-10,12H,4-5,7-8H2,1-2H3,(H,17,21)(H,18,20)/t10-/m0/s1. The van der Waals surface area contributed by atoms with E-state index in [2.05, 4.69) is 22.6 Å². The maximum Gasteiger partial charge on any atom is 0.251 e. The lowest BCUT2D eigenvalue weighted by atomic mass is 10.1. The number of nitrogens with zero attached hydrogens (tertiary/aromatic N) is 1. The maximum absolute atomic E-state index is 12.2. The van der Waals surface area contributed by atoms with Crippen molar-refractivity contribution in [2.45, 2.75) is 36.0 Å². The lowest BCUT2D eigenvalue weighted by Crippen LogP contribution is -2.34. The molecule has 0 saturated heterocycles. The fourth-order valence-electron chi connectivity index (χ4n) is 2.50. The number of benzene rings is 1. The number of hydrogen-bond acceptors (Lipinski definition) is 4. The summed E-state index contributed by atoms with van der Waals surface area (Å²) in [6, 6.07) is 6.18. The van der Waals surface area contributed by atoms with Crippen molar-refractivity contribution in [1.82, 2.24) is 10.2 Å². The molecule has 22 heavy (non-hydrogen) atoms. The smallest absolute Gasteiger partial charge is 0.251 e. The first-order chi connectivity index (χ1) is 10.5. The van der Waals surface area contributed by atoms with E-state index < -0.39 is 0 Å². The average Bonchev–Trinajstić information content (AvgIpc) is 3.32. The van der Waals surface area contributed by atoms with E-state index in [1.807, 2.05) is 19.1 Å². The molecule has 1 aliphatic heterocycles. The minimum atomic E-state index is -0.0927. The molecule has 1 aromatic rings. The molecule has 1 saturated carbocycles. The highest BCUT2D eigenvalue weighted by Crippen LogP contribution is 2.35. The molecule has 0 radical (unpaired) electrons. The van der Waals surface area contributed by atoms with E-state index in [0.717, 1.165) is 17.1 Å². The molecule has 0 bridgehead atoms. The molecular formula is C16H21N3O2S. The summed E-state index contributed by atoms with van der Waals surface area (Å²) in [7, 11) is 2.09. The minimum Gasteiger partial charge on any atom is -0.351 e. The second-order valence-corrected chi connectivity index (χ2v) is 7.31. The summed E-state index contributed by atoms with van der Waals surface area (Å²) in [5, 5.41) is 5.70. The van der Waals surface area contributed by atoms with Crippen molar-refractivity contribution in [1.29, 1.82) is 0 Å². The Hall–Kier alpha value is -1.53. The van der Waals surface area contributed by atoms with Crippen LogP contribution >= 0.6 is 11.8 Å². The number of hydrogen-bond donors (Lipinski definition) is 2. The minimum absolute atomic E-state index is 0.0129. The van der Waals surface area contributed by atoms with Gasteiger partial charge in [0.05, 0.1) is 10.9 Å². The van der Waals surface area contributed by atoms with Gasteiger partial charge in [0, 0.05) is 29.6 Å². The van der Waals surface area contributed by atoms with Crippen molar-refractivity contribution >= 4 is 29.3 Å². The Balaban J connectivity index is 1.58. The number of anilines is 1. The summed E-state index contributed by atoms with van der Waals surface area (Å²) in [4.78, 5) is 27.2. The topological polar surface area (TPSA) is 61.4 Å². The molecular weight excluding hydrogens is 298 g/mol. The van der Waals surface area contributed by atoms with Crippen molar-refractivity contribution < 1.29 is 9.59 Å². The van der Waals surface area contributed by atoms with E-state index in [-0.39, 0.29) is 17.1 Å². The second kappa shape index (κ2) is 6.30. The van der Waals surface area contributed by atoms with E-state index in [4.69, 9.17) is 0 Å². The molecule has 118 valence electrons. The third kappa shape index (κ3) is 3.44. The number of carbonyl (C=O) groups is 2. The molecule has 3 rings (SSSR count). The zero-order valence-corrected chi connectivity index (χ0v) is 13.7. The molecule has 1 fully saturated rings. The van der Waals surface area contributed by atoms with E-state index in [9.17, 15) is 9.59 Å². The predicted molar refractivity (Wildman–Crippen MR) is 88.4 cm³/mol. The Kier molecular flexibility index (Phi) is 4.40. The molecule has 0 spiro atoms. The molecule has 6 heteroatoms. The van der Waals surface area contributed by atoms with Crippen molar-refractivity contribution in [3.63, 3.8) is 0 Å². The first kappa shape index (κ1) is 15.4. The molecule has 2 N–H and O–H groups in total. The Labute approximate surface area is 134 Å². The molecule has 1 aromatic carbocycles. The van der Waals surface area contributed by atoms with Gasteiger partial charge in [-0.1, -0.05) is 0 Å². The molecule has 5 nitrogen and oxygen atoms in total. The molecule has 2 aliphatic rings. The van der Waals surface area contributed by atoms with Crippen LogP contribution in [0.5, 0.6) is 0 Å². The summed E-state index contributed by atoms with van der Waals surface area (Å²) >= 11 is 1.52. The van der Waals surface area contributed by atoms with E-state index in [1.54, 1.807) is 6.07 Å². The first-order valence-corrected chi connectivity index (χ1v) is 8.52. The van der Waals surface area contributed by atoms with Gasteiger partial charge in [-0.3, -0.25) is 9.59 Å². The van der Waals surface area contributed by atoms with E-state index >= 15 is 0 Å². The van der Waals surface area contributed by atoms with Gasteiger partial charge in [0.1, 0.15) is 0 Å². The highest BCUT2D eigenvalue weighted by atomic mass is 32.2. The molecule has 1 atom stereocenters. The predicted octanol–water partition coefficient (Wildman–Crippen LogP) is 1.94. The van der Waals surface area contributed by atoms with Gasteiger partial charge in [-0.15, -0.1) is 11.8 Å². The van der Waals surface area contributed by atoms with Crippen molar-refractivity contribution in [2.24, 2.45) is 0 Å². The number of fused-ring (bicyclic) bond motifs is 1. The summed E-state index contributed by atoms with van der Waals surface area (Å²) < 4.78 is 0. The SMILES string of the molecule is C[C@@H]1Sc2ccc(C(=O)NCCN(C)C3CC3)cc2NC1=O. The highest BCUT2D eigenvalue weighted by Gasteiger charge is 2.26. The number of thioether (sulfide) groups is 1. The zero-order chi connectivity index (χ0) is 15.7. The van der Waals surface area contributed by atoms with Gasteiger partial charge in [0.15, 0.2) is 0 Å². The molecule has 1 aliphatic carbocycles. The normalized spacial score (nSPS) is 20.5. The van der Waals surface area contributed by atoms with E-state index in [0.29, 0.717) is 18.2 Å². The van der Waals surface area contributed by atoms with Gasteiger partial charge in [-0.05, 0) is 45.0 Å². The fraction of sp³-hybridized carbons (Fsp3) is 0.500. The van der Waals surface area contributed by atoms with Crippen LogP contribution in [-0.2, 0) is 4.79 Å². The van der Waals surface area contributed by atoms with Crippen LogP contribution in [0.4, 0.5) is 5.69 Å². The Morgan fingerprint density at radius 1 is 1.45 bits per heavy atom. The largest absolute Gasteiger partial charge is 0.351 e. The number of nitrogens with one attached hydrogen (secondary N) is 2. The Morgan fingerprint density at radius 2 is 2.23 bits per heavy atom. The number of rotatable bonds is 5.